The number of carbonyl (C=O) groups is 1. The monoisotopic (exact) mass is 401 g/mol. The van der Waals surface area contributed by atoms with E-state index in [0.717, 1.165) is 31.0 Å². The lowest BCUT2D eigenvalue weighted by Gasteiger charge is -2.14. The summed E-state index contributed by atoms with van der Waals surface area (Å²) < 4.78 is 7.19. The number of amides is 1. The Hall–Kier alpha value is -3.10. The number of methoxy groups -OCH3 is 1. The van der Waals surface area contributed by atoms with E-state index in [1.807, 2.05) is 28.8 Å². The lowest BCUT2D eigenvalue weighted by molar-refractivity contribution is -0.127. The second-order valence-electron chi connectivity index (χ2n) is 6.70. The van der Waals surface area contributed by atoms with E-state index < -0.39 is 0 Å². The number of hydrogen-bond acceptors (Lipinski definition) is 5. The molecule has 1 amide bonds. The van der Waals surface area contributed by atoms with E-state index in [1.54, 1.807) is 27.5 Å². The Kier molecular flexibility index (Phi) is 8.94. The van der Waals surface area contributed by atoms with E-state index in [9.17, 15) is 4.79 Å². The van der Waals surface area contributed by atoms with Gasteiger partial charge in [-0.1, -0.05) is 19.1 Å². The van der Waals surface area contributed by atoms with Crippen LogP contribution in [0.15, 0.2) is 35.6 Å². The van der Waals surface area contributed by atoms with Gasteiger partial charge in [0.15, 0.2) is 5.96 Å². The summed E-state index contributed by atoms with van der Waals surface area (Å²) in [5.41, 5.74) is 1.19. The minimum atomic E-state index is -0.0478. The number of nitrogens with zero attached hydrogens (tertiary/aromatic N) is 5. The summed E-state index contributed by atoms with van der Waals surface area (Å²) in [5.74, 6) is 2.35. The average molecular weight is 402 g/mol. The molecule has 0 atom stereocenters. The lowest BCUT2D eigenvalue weighted by atomic mass is 10.1. The van der Waals surface area contributed by atoms with Crippen molar-refractivity contribution < 1.29 is 9.53 Å². The van der Waals surface area contributed by atoms with Crippen LogP contribution in [0.2, 0.25) is 0 Å². The highest BCUT2D eigenvalue weighted by atomic mass is 16.5. The van der Waals surface area contributed by atoms with E-state index in [2.05, 4.69) is 32.7 Å². The molecule has 2 aromatic rings. The van der Waals surface area contributed by atoms with Crippen molar-refractivity contribution in [3.05, 3.63) is 42.0 Å². The fourth-order valence-corrected chi connectivity index (χ4v) is 2.61. The van der Waals surface area contributed by atoms with Crippen molar-refractivity contribution in [3.63, 3.8) is 0 Å². The van der Waals surface area contributed by atoms with Crippen LogP contribution in [0.1, 0.15) is 18.3 Å². The van der Waals surface area contributed by atoms with Gasteiger partial charge in [0.2, 0.25) is 5.91 Å². The van der Waals surface area contributed by atoms with Crippen LogP contribution in [0.4, 0.5) is 0 Å². The van der Waals surface area contributed by atoms with Gasteiger partial charge >= 0.3 is 0 Å². The van der Waals surface area contributed by atoms with Gasteiger partial charge in [0, 0.05) is 40.2 Å². The summed E-state index contributed by atoms with van der Waals surface area (Å²) in [7, 11) is 5.10. The van der Waals surface area contributed by atoms with Crippen LogP contribution in [0.25, 0.3) is 0 Å². The number of nitrogens with one attached hydrogen (secondary N) is 2. The lowest BCUT2D eigenvalue weighted by Crippen LogP contribution is -2.40. The molecule has 0 saturated heterocycles. The molecule has 0 radical (unpaired) electrons. The standard InChI is InChI=1S/C20H31N7O2/c1-5-18-25-24-15-27(18)13-12-22-20(23-14-19(28)26(2)3)21-11-10-16-6-8-17(29-4)9-7-16/h6-9,15H,5,10-14H2,1-4H3,(H2,21,22,23). The number of likely N-dealkylation sites (N-methyl/N-ethyl adjacent to an activating group) is 1. The minimum Gasteiger partial charge on any atom is -0.497 e. The molecule has 0 aliphatic heterocycles. The third-order valence-corrected chi connectivity index (χ3v) is 4.39. The molecule has 0 saturated carbocycles. The molecule has 9 nitrogen and oxygen atoms in total. The zero-order chi connectivity index (χ0) is 21.1. The van der Waals surface area contributed by atoms with Gasteiger partial charge in [0.25, 0.3) is 0 Å². The Balaban J connectivity index is 1.89. The maximum absolute atomic E-state index is 11.9. The number of hydrogen-bond donors (Lipinski definition) is 2. The van der Waals surface area contributed by atoms with Crippen molar-refractivity contribution in [3.8, 4) is 5.75 Å². The first-order valence-electron chi connectivity index (χ1n) is 9.75. The second-order valence-corrected chi connectivity index (χ2v) is 6.70. The van der Waals surface area contributed by atoms with Crippen LogP contribution >= 0.6 is 0 Å². The quantitative estimate of drug-likeness (QED) is 0.450. The van der Waals surface area contributed by atoms with Gasteiger partial charge in [-0.2, -0.15) is 0 Å². The highest BCUT2D eigenvalue weighted by Crippen LogP contribution is 2.11. The third-order valence-electron chi connectivity index (χ3n) is 4.39. The molecule has 29 heavy (non-hydrogen) atoms. The SMILES string of the molecule is CCc1nncn1CCNC(=NCC(=O)N(C)C)NCCc1ccc(OC)cc1. The third kappa shape index (κ3) is 7.44. The summed E-state index contributed by atoms with van der Waals surface area (Å²) in [6.45, 7) is 4.21. The van der Waals surface area contributed by atoms with E-state index in [1.165, 1.54) is 10.5 Å². The predicted molar refractivity (Wildman–Crippen MR) is 113 cm³/mol. The van der Waals surface area contributed by atoms with Gasteiger partial charge in [-0.25, -0.2) is 4.99 Å². The molecule has 9 heteroatoms. The Morgan fingerprint density at radius 3 is 2.59 bits per heavy atom. The molecule has 0 spiro atoms. The first-order chi connectivity index (χ1) is 14.0. The van der Waals surface area contributed by atoms with Gasteiger partial charge in [-0.05, 0) is 24.1 Å². The van der Waals surface area contributed by atoms with Gasteiger partial charge in [-0.3, -0.25) is 4.79 Å². The van der Waals surface area contributed by atoms with Crippen molar-refractivity contribution in [2.24, 2.45) is 4.99 Å². The van der Waals surface area contributed by atoms with Gasteiger partial charge in [0.05, 0.1) is 7.11 Å². The average Bonchev–Trinajstić information content (AvgIpc) is 3.19. The number of guanidine groups is 1. The summed E-state index contributed by atoms with van der Waals surface area (Å²) in [6.07, 6.45) is 3.39. The molecule has 1 aromatic carbocycles. The first-order valence-corrected chi connectivity index (χ1v) is 9.75. The molecule has 1 heterocycles. The fourth-order valence-electron chi connectivity index (χ4n) is 2.61. The highest BCUT2D eigenvalue weighted by Gasteiger charge is 2.06. The molecular weight excluding hydrogens is 370 g/mol. The molecule has 1 aromatic heterocycles. The molecule has 0 unspecified atom stereocenters. The zero-order valence-electron chi connectivity index (χ0n) is 17.7. The van der Waals surface area contributed by atoms with Crippen molar-refractivity contribution in [2.75, 3.05) is 40.8 Å². The van der Waals surface area contributed by atoms with Crippen molar-refractivity contribution in [1.29, 1.82) is 0 Å². The molecule has 2 rings (SSSR count). The number of aryl methyl sites for hydroxylation is 1. The Morgan fingerprint density at radius 1 is 1.21 bits per heavy atom. The smallest absolute Gasteiger partial charge is 0.243 e. The largest absolute Gasteiger partial charge is 0.497 e. The topological polar surface area (TPSA) is 96.7 Å². The highest BCUT2D eigenvalue weighted by molar-refractivity contribution is 5.84. The van der Waals surface area contributed by atoms with Crippen LogP contribution in [0, 0.1) is 0 Å². The molecule has 0 fully saturated rings. The molecule has 0 aliphatic carbocycles. The van der Waals surface area contributed by atoms with Crippen molar-refractivity contribution in [1.82, 2.24) is 30.3 Å². The van der Waals surface area contributed by atoms with Crippen LogP contribution in [0.5, 0.6) is 5.75 Å². The van der Waals surface area contributed by atoms with E-state index in [0.29, 0.717) is 19.0 Å². The Bertz CT molecular complexity index is 784. The van der Waals surface area contributed by atoms with Crippen molar-refractivity contribution >= 4 is 11.9 Å². The molecule has 0 aliphatic rings. The maximum Gasteiger partial charge on any atom is 0.243 e. The van der Waals surface area contributed by atoms with Crippen LogP contribution in [0.3, 0.4) is 0 Å². The summed E-state index contributed by atoms with van der Waals surface area (Å²) >= 11 is 0. The normalized spacial score (nSPS) is 11.2. The number of aromatic nitrogens is 3. The summed E-state index contributed by atoms with van der Waals surface area (Å²) in [5, 5.41) is 14.6. The van der Waals surface area contributed by atoms with Gasteiger partial charge in [0.1, 0.15) is 24.4 Å². The number of rotatable bonds is 10. The summed E-state index contributed by atoms with van der Waals surface area (Å²) in [4.78, 5) is 17.8. The van der Waals surface area contributed by atoms with Crippen molar-refractivity contribution in [2.45, 2.75) is 26.3 Å². The number of ether oxygens (including phenoxy) is 1. The van der Waals surface area contributed by atoms with E-state index in [4.69, 9.17) is 4.74 Å². The minimum absolute atomic E-state index is 0.0478. The number of benzene rings is 1. The van der Waals surface area contributed by atoms with E-state index >= 15 is 0 Å². The van der Waals surface area contributed by atoms with Crippen LogP contribution in [-0.4, -0.2) is 72.4 Å². The predicted octanol–water partition coefficient (Wildman–Crippen LogP) is 0.715. The van der Waals surface area contributed by atoms with Gasteiger partial charge in [-0.15, -0.1) is 10.2 Å². The van der Waals surface area contributed by atoms with Crippen LogP contribution < -0.4 is 15.4 Å². The Morgan fingerprint density at radius 2 is 1.93 bits per heavy atom. The molecule has 2 N–H and O–H groups in total. The van der Waals surface area contributed by atoms with Gasteiger partial charge < -0.3 is 24.8 Å². The number of aliphatic imine (C=N–C) groups is 1. The maximum atomic E-state index is 11.9. The zero-order valence-corrected chi connectivity index (χ0v) is 17.7. The van der Waals surface area contributed by atoms with E-state index in [-0.39, 0.29) is 12.5 Å². The number of carbonyl (C=O) groups excluding carboxylic acids is 1. The summed E-state index contributed by atoms with van der Waals surface area (Å²) in [6, 6.07) is 7.98. The Labute approximate surface area is 172 Å². The molecular formula is C20H31N7O2. The molecule has 0 bridgehead atoms. The fraction of sp³-hybridized carbons (Fsp3) is 0.500. The second kappa shape index (κ2) is 11.7. The van der Waals surface area contributed by atoms with Crippen LogP contribution in [-0.2, 0) is 24.2 Å². The first kappa shape index (κ1) is 22.2. The molecule has 158 valence electrons.